The predicted octanol–water partition coefficient (Wildman–Crippen LogP) is 3.67. The molecule has 0 radical (unpaired) electrons. The zero-order chi connectivity index (χ0) is 28.4. The number of nitrogens with zero attached hydrogens (tertiary/aromatic N) is 7. The first-order valence-corrected chi connectivity index (χ1v) is 13.3. The molecule has 8 rings (SSSR count). The molecule has 0 amide bonds. The average Bonchev–Trinajstić information content (AvgIpc) is 3.62. The SMILES string of the molecule is Cc1ccccc1C1=NN=C2N=C(N=c3[nH]c(c4cc(N)ccc34)=NC3=NC(=N1)c1ccccc13)c1cc(N)ccc12. The summed E-state index contributed by atoms with van der Waals surface area (Å²) in [5.41, 5.74) is 19.8. The molecule has 42 heavy (non-hydrogen) atoms. The number of amidine groups is 5. The number of hydrogen-bond donors (Lipinski definition) is 3. The highest BCUT2D eigenvalue weighted by Crippen LogP contribution is 2.25. The number of anilines is 2. The Bertz CT molecular complexity index is 2280. The summed E-state index contributed by atoms with van der Waals surface area (Å²) in [6, 6.07) is 26.9. The highest BCUT2D eigenvalue weighted by atomic mass is 15.3. The van der Waals surface area contributed by atoms with Gasteiger partial charge in [0.2, 0.25) is 0 Å². The number of nitrogens with one attached hydrogen (secondary N) is 1. The number of rotatable bonds is 1. The van der Waals surface area contributed by atoms with Gasteiger partial charge in [0, 0.05) is 50.0 Å². The van der Waals surface area contributed by atoms with E-state index < -0.39 is 0 Å². The van der Waals surface area contributed by atoms with Crippen molar-refractivity contribution in [3.63, 3.8) is 0 Å². The highest BCUT2D eigenvalue weighted by Gasteiger charge is 2.25. The lowest BCUT2D eigenvalue weighted by Crippen LogP contribution is -2.15. The van der Waals surface area contributed by atoms with E-state index in [2.05, 4.69) is 15.2 Å². The molecular formula is C32H22N10. The van der Waals surface area contributed by atoms with Gasteiger partial charge >= 0.3 is 0 Å². The van der Waals surface area contributed by atoms with E-state index in [0.29, 0.717) is 51.5 Å². The van der Waals surface area contributed by atoms with Gasteiger partial charge in [0.1, 0.15) is 11.0 Å². The smallest absolute Gasteiger partial charge is 0.184 e. The largest absolute Gasteiger partial charge is 0.399 e. The molecule has 3 aliphatic heterocycles. The number of fused-ring (bicyclic) bond motifs is 13. The summed E-state index contributed by atoms with van der Waals surface area (Å²) in [5.74, 6) is 2.28. The maximum atomic E-state index is 6.20. The summed E-state index contributed by atoms with van der Waals surface area (Å²) in [4.78, 5) is 27.9. The lowest BCUT2D eigenvalue weighted by molar-refractivity contribution is 1.15. The second-order valence-electron chi connectivity index (χ2n) is 10.2. The van der Waals surface area contributed by atoms with Gasteiger partial charge in [0.05, 0.1) is 0 Å². The van der Waals surface area contributed by atoms with Gasteiger partial charge in [-0.2, -0.15) is 0 Å². The molecule has 4 heterocycles. The monoisotopic (exact) mass is 546 g/mol. The molecular weight excluding hydrogens is 524 g/mol. The molecule has 0 saturated carbocycles. The third-order valence-corrected chi connectivity index (χ3v) is 7.42. The molecule has 5 N–H and O–H groups in total. The molecule has 0 fully saturated rings. The number of aromatic nitrogens is 1. The fourth-order valence-electron chi connectivity index (χ4n) is 5.34. The number of hydrogen-bond acceptors (Lipinski definition) is 9. The van der Waals surface area contributed by atoms with E-state index in [1.54, 1.807) is 0 Å². The lowest BCUT2D eigenvalue weighted by Gasteiger charge is -2.05. The van der Waals surface area contributed by atoms with E-state index in [4.69, 9.17) is 36.4 Å². The Morgan fingerprint density at radius 1 is 0.476 bits per heavy atom. The fourth-order valence-corrected chi connectivity index (χ4v) is 5.34. The molecule has 0 spiro atoms. The van der Waals surface area contributed by atoms with Crippen LogP contribution in [0.5, 0.6) is 0 Å². The number of benzene rings is 4. The normalized spacial score (nSPS) is 15.1. The van der Waals surface area contributed by atoms with Gasteiger partial charge in [-0.15, -0.1) is 10.2 Å². The van der Waals surface area contributed by atoms with Crippen LogP contribution in [0.1, 0.15) is 33.4 Å². The molecule has 0 aliphatic carbocycles. The van der Waals surface area contributed by atoms with Crippen LogP contribution in [0.2, 0.25) is 0 Å². The number of aryl methyl sites for hydroxylation is 1. The van der Waals surface area contributed by atoms with Crippen molar-refractivity contribution in [3.8, 4) is 0 Å². The lowest BCUT2D eigenvalue weighted by atomic mass is 10.1. The topological polar surface area (TPSA) is 154 Å². The van der Waals surface area contributed by atoms with Crippen molar-refractivity contribution >= 4 is 51.3 Å². The van der Waals surface area contributed by atoms with Crippen molar-refractivity contribution in [2.24, 2.45) is 35.2 Å². The minimum atomic E-state index is 0.405. The van der Waals surface area contributed by atoms with Crippen molar-refractivity contribution in [2.75, 3.05) is 11.5 Å². The Morgan fingerprint density at radius 2 is 1.00 bits per heavy atom. The van der Waals surface area contributed by atoms with E-state index >= 15 is 0 Å². The number of aromatic amines is 1. The maximum Gasteiger partial charge on any atom is 0.184 e. The second-order valence-corrected chi connectivity index (χ2v) is 10.2. The fraction of sp³-hybridized carbons (Fsp3) is 0.0312. The van der Waals surface area contributed by atoms with Gasteiger partial charge in [0.15, 0.2) is 29.2 Å². The van der Waals surface area contributed by atoms with Crippen molar-refractivity contribution < 1.29 is 0 Å². The predicted molar refractivity (Wildman–Crippen MR) is 166 cm³/mol. The molecule has 10 nitrogen and oxygen atoms in total. The molecule has 0 atom stereocenters. The van der Waals surface area contributed by atoms with Crippen LogP contribution in [0.25, 0.3) is 10.8 Å². The Labute approximate surface area is 239 Å². The van der Waals surface area contributed by atoms with Crippen molar-refractivity contribution in [3.05, 3.63) is 129 Å². The number of aliphatic imine (C=N–C) groups is 3. The molecule has 1 aromatic heterocycles. The van der Waals surface area contributed by atoms with Crippen LogP contribution in [0, 0.1) is 6.92 Å². The first kappa shape index (κ1) is 23.8. The van der Waals surface area contributed by atoms with Gasteiger partial charge < -0.3 is 16.5 Å². The Morgan fingerprint density at radius 3 is 1.74 bits per heavy atom. The molecule has 3 aliphatic rings. The Kier molecular flexibility index (Phi) is 5.10. The van der Waals surface area contributed by atoms with Gasteiger partial charge in [0.25, 0.3) is 0 Å². The molecule has 0 unspecified atom stereocenters. The molecule has 10 heteroatoms. The summed E-state index contributed by atoms with van der Waals surface area (Å²) in [5, 5.41) is 10.9. The van der Waals surface area contributed by atoms with Gasteiger partial charge in [-0.05, 0) is 48.9 Å². The van der Waals surface area contributed by atoms with E-state index in [-0.39, 0.29) is 0 Å². The van der Waals surface area contributed by atoms with Crippen LogP contribution in [-0.2, 0) is 0 Å². The van der Waals surface area contributed by atoms with E-state index in [1.165, 1.54) is 0 Å². The minimum absolute atomic E-state index is 0.405. The van der Waals surface area contributed by atoms with Crippen LogP contribution in [0.4, 0.5) is 11.4 Å². The zero-order valence-corrected chi connectivity index (χ0v) is 22.4. The first-order chi connectivity index (χ1) is 20.5. The van der Waals surface area contributed by atoms with E-state index in [9.17, 15) is 0 Å². The molecule has 6 bridgehead atoms. The highest BCUT2D eigenvalue weighted by molar-refractivity contribution is 6.26. The molecule has 5 aromatic rings. The third kappa shape index (κ3) is 3.77. The van der Waals surface area contributed by atoms with Crippen LogP contribution < -0.4 is 22.4 Å². The number of H-pyrrole nitrogens is 1. The van der Waals surface area contributed by atoms with E-state index in [1.807, 2.05) is 91.9 Å². The zero-order valence-electron chi connectivity index (χ0n) is 22.4. The Balaban J connectivity index is 1.50. The van der Waals surface area contributed by atoms with Crippen LogP contribution in [0.15, 0.2) is 120 Å². The van der Waals surface area contributed by atoms with Crippen molar-refractivity contribution in [2.45, 2.75) is 6.92 Å². The van der Waals surface area contributed by atoms with Crippen LogP contribution in [-0.4, -0.2) is 34.2 Å². The summed E-state index contributed by atoms with van der Waals surface area (Å²) in [6.07, 6.45) is 0. The molecule has 4 aromatic carbocycles. The summed E-state index contributed by atoms with van der Waals surface area (Å²) in [6.45, 7) is 2.01. The first-order valence-electron chi connectivity index (χ1n) is 13.3. The van der Waals surface area contributed by atoms with Gasteiger partial charge in [-0.25, -0.2) is 25.0 Å². The van der Waals surface area contributed by atoms with Crippen LogP contribution in [0.3, 0.4) is 0 Å². The third-order valence-electron chi connectivity index (χ3n) is 7.42. The summed E-state index contributed by atoms with van der Waals surface area (Å²) >= 11 is 0. The van der Waals surface area contributed by atoms with E-state index in [0.717, 1.165) is 44.2 Å². The second kappa shape index (κ2) is 9.00. The minimum Gasteiger partial charge on any atom is -0.399 e. The van der Waals surface area contributed by atoms with Gasteiger partial charge in [-0.3, -0.25) is 0 Å². The molecule has 200 valence electrons. The van der Waals surface area contributed by atoms with Crippen LogP contribution >= 0.6 is 0 Å². The number of nitrogens with two attached hydrogens (primary N) is 2. The maximum absolute atomic E-state index is 6.20. The van der Waals surface area contributed by atoms with Gasteiger partial charge in [-0.1, -0.05) is 48.5 Å². The Hall–Kier alpha value is -6.03. The quantitative estimate of drug-likeness (QED) is 0.275. The number of nitrogen functional groups attached to an aromatic ring is 2. The van der Waals surface area contributed by atoms with Crippen molar-refractivity contribution in [1.82, 2.24) is 4.98 Å². The summed E-state index contributed by atoms with van der Waals surface area (Å²) < 4.78 is 0. The molecule has 0 saturated heterocycles. The standard InChI is InChI=1S/C32H22N10/c1-16-6-2-3-7-19(16)31-39-27-21-9-5-4-8-20(21)26(35-27)36-29-24-14-17(33)10-12-22(24)28(37-29)38-30-25-15-18(34)11-13-23(25)32(40-30)42-41-31/h2-15H,33-34H2,1H3,(H,35,36,37,38,39,40,41,42). The summed E-state index contributed by atoms with van der Waals surface area (Å²) in [7, 11) is 0. The van der Waals surface area contributed by atoms with Crippen molar-refractivity contribution in [1.29, 1.82) is 0 Å². The average molecular weight is 547 g/mol.